The highest BCUT2D eigenvalue weighted by molar-refractivity contribution is 5.80. The molecule has 8 heavy (non-hydrogen) atoms. The van der Waals surface area contributed by atoms with E-state index in [1.807, 2.05) is 0 Å². The van der Waals surface area contributed by atoms with Crippen LogP contribution in [0.25, 0.3) is 0 Å². The summed E-state index contributed by atoms with van der Waals surface area (Å²) in [4.78, 5) is 9.73. The number of halogens is 1. The molecule has 0 saturated carbocycles. The summed E-state index contributed by atoms with van der Waals surface area (Å²) in [6.07, 6.45) is 0.847. The van der Waals surface area contributed by atoms with Crippen molar-refractivity contribution in [1.29, 1.82) is 0 Å². The van der Waals surface area contributed by atoms with Crippen LogP contribution < -0.4 is 0 Å². The largest absolute Gasteiger partial charge is 0.478 e. The molecule has 0 radical (unpaired) electrons. The van der Waals surface area contributed by atoms with E-state index in [1.165, 1.54) is 6.92 Å². The first-order valence-corrected chi connectivity index (χ1v) is 2.13. The van der Waals surface area contributed by atoms with Gasteiger partial charge in [-0.1, -0.05) is 0 Å². The highest BCUT2D eigenvalue weighted by Gasteiger charge is 1.90. The van der Waals surface area contributed by atoms with Gasteiger partial charge in [-0.05, 0) is 12.5 Å². The molecule has 0 aromatic heterocycles. The van der Waals surface area contributed by atoms with Crippen LogP contribution in [0.5, 0.6) is 0 Å². The van der Waals surface area contributed by atoms with Gasteiger partial charge in [-0.25, -0.2) is 9.18 Å². The summed E-state index contributed by atoms with van der Waals surface area (Å²) < 4.78 is 11.4. The number of alkyl halides is 1. The molecule has 46 valence electrons. The second-order valence-corrected chi connectivity index (χ2v) is 1.46. The molecule has 0 spiro atoms. The fourth-order valence-corrected chi connectivity index (χ4v) is 0.249. The van der Waals surface area contributed by atoms with Crippen LogP contribution in [0.4, 0.5) is 4.39 Å². The Labute approximate surface area is 46.6 Å². The Morgan fingerprint density at radius 1 is 1.88 bits per heavy atom. The summed E-state index contributed by atoms with van der Waals surface area (Å²) in [5, 5.41) is 7.97. The smallest absolute Gasteiger partial charge is 0.328 e. The van der Waals surface area contributed by atoms with Crippen molar-refractivity contribution in [3.8, 4) is 0 Å². The molecule has 0 amide bonds. The van der Waals surface area contributed by atoms with E-state index >= 15 is 0 Å². The summed E-state index contributed by atoms with van der Waals surface area (Å²) in [5.41, 5.74) is 0.234. The zero-order chi connectivity index (χ0) is 6.57. The van der Waals surface area contributed by atoms with Crippen molar-refractivity contribution in [3.63, 3.8) is 0 Å². The number of carbonyl (C=O) groups is 1. The van der Waals surface area contributed by atoms with Crippen LogP contribution in [-0.2, 0) is 4.79 Å². The summed E-state index contributed by atoms with van der Waals surface area (Å²) in [6.45, 7) is 0.737. The fourth-order valence-electron chi connectivity index (χ4n) is 0.249. The highest BCUT2D eigenvalue weighted by atomic mass is 19.1. The third kappa shape index (κ3) is 3.33. The molecule has 0 rings (SSSR count). The van der Waals surface area contributed by atoms with Crippen LogP contribution in [0.2, 0.25) is 0 Å². The number of hydrogen-bond acceptors (Lipinski definition) is 1. The van der Waals surface area contributed by atoms with E-state index < -0.39 is 12.6 Å². The molecule has 0 aliphatic carbocycles. The number of rotatable bonds is 2. The van der Waals surface area contributed by atoms with Crippen molar-refractivity contribution in [1.82, 2.24) is 0 Å². The first kappa shape index (κ1) is 7.14. The minimum absolute atomic E-state index is 0.234. The summed E-state index contributed by atoms with van der Waals surface area (Å²) in [6, 6.07) is 0. The van der Waals surface area contributed by atoms with E-state index in [0.717, 1.165) is 6.08 Å². The molecule has 3 heteroatoms. The van der Waals surface area contributed by atoms with Gasteiger partial charge in [0.2, 0.25) is 0 Å². The average Bonchev–Trinajstić information content (AvgIpc) is 1.65. The molecule has 0 fully saturated rings. The van der Waals surface area contributed by atoms with Crippen molar-refractivity contribution in [2.75, 3.05) is 6.67 Å². The number of allylic oxidation sites excluding steroid dienone is 1. The maximum Gasteiger partial charge on any atom is 0.328 e. The van der Waals surface area contributed by atoms with Crippen LogP contribution in [0.3, 0.4) is 0 Å². The lowest BCUT2D eigenvalue weighted by atomic mass is 10.3. The van der Waals surface area contributed by atoms with Gasteiger partial charge < -0.3 is 5.11 Å². The van der Waals surface area contributed by atoms with Gasteiger partial charge in [0.1, 0.15) is 6.67 Å². The van der Waals surface area contributed by atoms with Crippen LogP contribution in [0, 0.1) is 0 Å². The number of carboxylic acids is 1. The minimum Gasteiger partial charge on any atom is -0.478 e. The molecule has 0 atom stereocenters. The van der Waals surface area contributed by atoms with Crippen molar-refractivity contribution in [2.45, 2.75) is 6.92 Å². The molecule has 0 aromatic carbocycles. The number of aliphatic carboxylic acids is 1. The van der Waals surface area contributed by atoms with Crippen LogP contribution in [0.1, 0.15) is 6.92 Å². The molecule has 0 aliphatic rings. The first-order valence-electron chi connectivity index (χ1n) is 2.13. The van der Waals surface area contributed by atoms with E-state index in [2.05, 4.69) is 0 Å². The lowest BCUT2D eigenvalue weighted by Crippen LogP contribution is -1.90. The molecule has 0 unspecified atom stereocenters. The molecule has 0 saturated heterocycles. The standard InChI is InChI=1S/C5H7FO2/c1-4(3-6)2-5(7)8/h2H,3H2,1H3,(H,7,8). The molecule has 0 heterocycles. The van der Waals surface area contributed by atoms with Crippen LogP contribution in [0.15, 0.2) is 11.6 Å². The maximum atomic E-state index is 11.4. The Balaban J connectivity index is 3.75. The van der Waals surface area contributed by atoms with Crippen molar-refractivity contribution in [3.05, 3.63) is 11.6 Å². The minimum atomic E-state index is -1.10. The molecule has 0 aromatic rings. The van der Waals surface area contributed by atoms with Crippen molar-refractivity contribution >= 4 is 5.97 Å². The average molecular weight is 118 g/mol. The fraction of sp³-hybridized carbons (Fsp3) is 0.400. The maximum absolute atomic E-state index is 11.4. The van der Waals surface area contributed by atoms with E-state index in [1.54, 1.807) is 0 Å². The Bertz CT molecular complexity index is 118. The lowest BCUT2D eigenvalue weighted by molar-refractivity contribution is -0.131. The zero-order valence-electron chi connectivity index (χ0n) is 4.52. The van der Waals surface area contributed by atoms with Crippen LogP contribution >= 0.6 is 0 Å². The first-order chi connectivity index (χ1) is 3.66. The summed E-state index contributed by atoms with van der Waals surface area (Å²) >= 11 is 0. The molecular formula is C5H7FO2. The molecule has 0 bridgehead atoms. The van der Waals surface area contributed by atoms with E-state index in [-0.39, 0.29) is 5.57 Å². The molecular weight excluding hydrogens is 111 g/mol. The van der Waals surface area contributed by atoms with Gasteiger partial charge >= 0.3 is 5.97 Å². The normalized spacial score (nSPS) is 11.5. The van der Waals surface area contributed by atoms with Crippen molar-refractivity contribution < 1.29 is 14.3 Å². The topological polar surface area (TPSA) is 37.3 Å². The Kier molecular flexibility index (Phi) is 2.84. The summed E-state index contributed by atoms with van der Waals surface area (Å²) in [5.74, 6) is -1.10. The van der Waals surface area contributed by atoms with Crippen LogP contribution in [-0.4, -0.2) is 17.8 Å². The van der Waals surface area contributed by atoms with E-state index in [0.29, 0.717) is 0 Å². The lowest BCUT2D eigenvalue weighted by Gasteiger charge is -1.85. The molecule has 2 nitrogen and oxygen atoms in total. The number of hydrogen-bond donors (Lipinski definition) is 1. The van der Waals surface area contributed by atoms with Gasteiger partial charge in [-0.15, -0.1) is 0 Å². The second-order valence-electron chi connectivity index (χ2n) is 1.46. The van der Waals surface area contributed by atoms with Gasteiger partial charge in [0.15, 0.2) is 0 Å². The summed E-state index contributed by atoms with van der Waals surface area (Å²) in [7, 11) is 0. The third-order valence-electron chi connectivity index (χ3n) is 0.581. The Hall–Kier alpha value is -0.860. The predicted octanol–water partition coefficient (Wildman–Crippen LogP) is 0.987. The van der Waals surface area contributed by atoms with E-state index in [4.69, 9.17) is 5.11 Å². The van der Waals surface area contributed by atoms with Gasteiger partial charge in [0.25, 0.3) is 0 Å². The van der Waals surface area contributed by atoms with Gasteiger partial charge in [0.05, 0.1) is 0 Å². The second kappa shape index (κ2) is 3.18. The van der Waals surface area contributed by atoms with Crippen molar-refractivity contribution in [2.24, 2.45) is 0 Å². The predicted molar refractivity (Wildman–Crippen MR) is 27.4 cm³/mol. The highest BCUT2D eigenvalue weighted by Crippen LogP contribution is 1.90. The van der Waals surface area contributed by atoms with Gasteiger partial charge in [0, 0.05) is 6.08 Å². The Morgan fingerprint density at radius 2 is 2.38 bits per heavy atom. The number of carboxylic acid groups (broad SMARTS) is 1. The SMILES string of the molecule is CC(=CC(=O)O)CF. The third-order valence-corrected chi connectivity index (χ3v) is 0.581. The Morgan fingerprint density at radius 3 is 2.50 bits per heavy atom. The quantitative estimate of drug-likeness (QED) is 0.549. The van der Waals surface area contributed by atoms with E-state index in [9.17, 15) is 9.18 Å². The monoisotopic (exact) mass is 118 g/mol. The molecule has 1 N–H and O–H groups in total. The van der Waals surface area contributed by atoms with Gasteiger partial charge in [-0.3, -0.25) is 0 Å². The van der Waals surface area contributed by atoms with Gasteiger partial charge in [-0.2, -0.15) is 0 Å². The zero-order valence-corrected chi connectivity index (χ0v) is 4.52. The molecule has 0 aliphatic heterocycles.